The Balaban J connectivity index is 1.91. The fraction of sp³-hybridized carbons (Fsp3) is 0.188. The summed E-state index contributed by atoms with van der Waals surface area (Å²) in [4.78, 5) is 11.8. The van der Waals surface area contributed by atoms with E-state index in [4.69, 9.17) is 5.73 Å². The zero-order valence-electron chi connectivity index (χ0n) is 11.1. The maximum absolute atomic E-state index is 13.3. The monoisotopic (exact) mass is 272 g/mol. The summed E-state index contributed by atoms with van der Waals surface area (Å²) in [5.74, 6) is -0.446. The molecule has 0 heterocycles. The van der Waals surface area contributed by atoms with Crippen LogP contribution < -0.4 is 11.1 Å². The highest BCUT2D eigenvalue weighted by molar-refractivity contribution is 5.90. The van der Waals surface area contributed by atoms with Crippen molar-refractivity contribution in [2.45, 2.75) is 19.4 Å². The number of benzene rings is 2. The molecule has 3 nitrogen and oxygen atoms in total. The van der Waals surface area contributed by atoms with E-state index in [0.717, 1.165) is 5.56 Å². The zero-order chi connectivity index (χ0) is 14.4. The average molecular weight is 272 g/mol. The van der Waals surface area contributed by atoms with Crippen LogP contribution in [0.5, 0.6) is 0 Å². The predicted molar refractivity (Wildman–Crippen MR) is 77.7 cm³/mol. The Labute approximate surface area is 117 Å². The van der Waals surface area contributed by atoms with Crippen molar-refractivity contribution >= 4 is 11.6 Å². The Bertz CT molecular complexity index is 584. The third-order valence-corrected chi connectivity index (χ3v) is 3.03. The Hall–Kier alpha value is -2.20. The summed E-state index contributed by atoms with van der Waals surface area (Å²) in [6.45, 7) is 0.111. The molecule has 0 aliphatic rings. The number of nitrogens with two attached hydrogens (primary N) is 1. The summed E-state index contributed by atoms with van der Waals surface area (Å²) in [5, 5.41) is 2.75. The van der Waals surface area contributed by atoms with Crippen molar-refractivity contribution in [1.29, 1.82) is 0 Å². The number of hydrogen-bond acceptors (Lipinski definition) is 2. The van der Waals surface area contributed by atoms with Crippen molar-refractivity contribution in [3.8, 4) is 0 Å². The molecule has 0 aliphatic carbocycles. The second-order valence-electron chi connectivity index (χ2n) is 4.54. The first kappa shape index (κ1) is 14.2. The van der Waals surface area contributed by atoms with E-state index >= 15 is 0 Å². The Morgan fingerprint density at radius 2 is 1.90 bits per heavy atom. The maximum atomic E-state index is 13.3. The van der Waals surface area contributed by atoms with Crippen LogP contribution in [0.4, 0.5) is 10.1 Å². The smallest absolute Gasteiger partial charge is 0.224 e. The van der Waals surface area contributed by atoms with Gasteiger partial charge in [-0.1, -0.05) is 30.3 Å². The highest BCUT2D eigenvalue weighted by Crippen LogP contribution is 2.15. The van der Waals surface area contributed by atoms with E-state index in [1.807, 2.05) is 30.3 Å². The number of halogens is 1. The van der Waals surface area contributed by atoms with Crippen molar-refractivity contribution in [3.63, 3.8) is 0 Å². The van der Waals surface area contributed by atoms with Crippen LogP contribution >= 0.6 is 0 Å². The van der Waals surface area contributed by atoms with E-state index in [-0.39, 0.29) is 18.3 Å². The van der Waals surface area contributed by atoms with Crippen molar-refractivity contribution in [2.75, 3.05) is 5.32 Å². The first-order chi connectivity index (χ1) is 9.69. The molecule has 20 heavy (non-hydrogen) atoms. The molecule has 0 spiro atoms. The molecule has 0 saturated heterocycles. The first-order valence-electron chi connectivity index (χ1n) is 6.51. The molecule has 3 N–H and O–H groups in total. The van der Waals surface area contributed by atoms with E-state index in [0.29, 0.717) is 24.1 Å². The molecule has 0 aliphatic heterocycles. The van der Waals surface area contributed by atoms with Gasteiger partial charge in [-0.3, -0.25) is 4.79 Å². The first-order valence-corrected chi connectivity index (χ1v) is 6.51. The molecule has 0 radical (unpaired) electrons. The quantitative estimate of drug-likeness (QED) is 0.879. The van der Waals surface area contributed by atoms with Gasteiger partial charge in [0.15, 0.2) is 0 Å². The number of rotatable bonds is 5. The lowest BCUT2D eigenvalue weighted by atomic mass is 10.1. The molecule has 1 amide bonds. The summed E-state index contributed by atoms with van der Waals surface area (Å²) in [6, 6.07) is 14.2. The van der Waals surface area contributed by atoms with E-state index in [9.17, 15) is 9.18 Å². The van der Waals surface area contributed by atoms with Gasteiger partial charge in [0.1, 0.15) is 5.82 Å². The number of nitrogens with one attached hydrogen (secondary N) is 1. The molecule has 0 saturated carbocycles. The summed E-state index contributed by atoms with van der Waals surface area (Å²) >= 11 is 0. The predicted octanol–water partition coefficient (Wildman–Crippen LogP) is 2.86. The minimum Gasteiger partial charge on any atom is -0.326 e. The fourth-order valence-electron chi connectivity index (χ4n) is 1.93. The minimum absolute atomic E-state index is 0.0940. The third-order valence-electron chi connectivity index (χ3n) is 3.03. The average Bonchev–Trinajstić information content (AvgIpc) is 2.48. The summed E-state index contributed by atoms with van der Waals surface area (Å²) in [6.07, 6.45) is 1.07. The largest absolute Gasteiger partial charge is 0.326 e. The fourth-order valence-corrected chi connectivity index (χ4v) is 1.93. The van der Waals surface area contributed by atoms with Gasteiger partial charge in [-0.25, -0.2) is 4.39 Å². The van der Waals surface area contributed by atoms with Crippen LogP contribution in [0.15, 0.2) is 48.5 Å². The van der Waals surface area contributed by atoms with Gasteiger partial charge in [-0.05, 0) is 30.2 Å². The number of carbonyl (C=O) groups excluding carboxylic acids is 1. The molecule has 0 aromatic heterocycles. The van der Waals surface area contributed by atoms with E-state index < -0.39 is 0 Å². The van der Waals surface area contributed by atoms with Gasteiger partial charge < -0.3 is 11.1 Å². The molecular formula is C16H17FN2O. The number of carbonyl (C=O) groups is 1. The van der Waals surface area contributed by atoms with Crippen LogP contribution in [0.2, 0.25) is 0 Å². The highest BCUT2D eigenvalue weighted by Gasteiger charge is 2.06. The van der Waals surface area contributed by atoms with E-state index in [2.05, 4.69) is 5.32 Å². The molecular weight excluding hydrogens is 255 g/mol. The molecule has 0 unspecified atom stereocenters. The van der Waals surface area contributed by atoms with Gasteiger partial charge >= 0.3 is 0 Å². The maximum Gasteiger partial charge on any atom is 0.224 e. The number of aryl methyl sites for hydroxylation is 1. The van der Waals surface area contributed by atoms with Crippen molar-refractivity contribution < 1.29 is 9.18 Å². The van der Waals surface area contributed by atoms with Gasteiger partial charge in [-0.2, -0.15) is 0 Å². The number of amides is 1. The van der Waals surface area contributed by atoms with Crippen LogP contribution in [0.3, 0.4) is 0 Å². The molecule has 2 aromatic rings. The van der Waals surface area contributed by atoms with Gasteiger partial charge in [0, 0.05) is 24.2 Å². The summed E-state index contributed by atoms with van der Waals surface area (Å²) in [7, 11) is 0. The Morgan fingerprint density at radius 1 is 1.15 bits per heavy atom. The summed E-state index contributed by atoms with van der Waals surface area (Å²) in [5.41, 5.74) is 7.52. The molecule has 2 aromatic carbocycles. The second-order valence-corrected chi connectivity index (χ2v) is 4.54. The zero-order valence-corrected chi connectivity index (χ0v) is 11.1. The van der Waals surface area contributed by atoms with Crippen LogP contribution in [0, 0.1) is 5.82 Å². The van der Waals surface area contributed by atoms with Crippen LogP contribution in [-0.4, -0.2) is 5.91 Å². The summed E-state index contributed by atoms with van der Waals surface area (Å²) < 4.78 is 13.3. The molecule has 4 heteroatoms. The van der Waals surface area contributed by atoms with Crippen molar-refractivity contribution in [3.05, 3.63) is 65.5 Å². The minimum atomic E-state index is -0.352. The van der Waals surface area contributed by atoms with Gasteiger partial charge in [-0.15, -0.1) is 0 Å². The van der Waals surface area contributed by atoms with E-state index in [1.165, 1.54) is 12.1 Å². The lowest BCUT2D eigenvalue weighted by molar-refractivity contribution is -0.116. The standard InChI is InChI=1S/C16H17FN2O/c17-15-8-7-14(10-13(15)11-18)19-16(20)9-6-12-4-2-1-3-5-12/h1-5,7-8,10H,6,9,11,18H2,(H,19,20). The van der Waals surface area contributed by atoms with Gasteiger partial charge in [0.05, 0.1) is 0 Å². The molecule has 2 rings (SSSR count). The lowest BCUT2D eigenvalue weighted by Crippen LogP contribution is -2.13. The second kappa shape index (κ2) is 6.82. The number of anilines is 1. The SMILES string of the molecule is NCc1cc(NC(=O)CCc2ccccc2)ccc1F. The topological polar surface area (TPSA) is 55.1 Å². The van der Waals surface area contributed by atoms with Gasteiger partial charge in [0.2, 0.25) is 5.91 Å². The Kier molecular flexibility index (Phi) is 4.85. The molecule has 104 valence electrons. The van der Waals surface area contributed by atoms with Crippen molar-refractivity contribution in [2.24, 2.45) is 5.73 Å². The van der Waals surface area contributed by atoms with Crippen LogP contribution in [0.1, 0.15) is 17.5 Å². The number of hydrogen-bond donors (Lipinski definition) is 2. The van der Waals surface area contributed by atoms with Gasteiger partial charge in [0.25, 0.3) is 0 Å². The Morgan fingerprint density at radius 3 is 2.60 bits per heavy atom. The van der Waals surface area contributed by atoms with Crippen LogP contribution in [-0.2, 0) is 17.8 Å². The molecule has 0 fully saturated rings. The highest BCUT2D eigenvalue weighted by atomic mass is 19.1. The third kappa shape index (κ3) is 3.90. The molecule has 0 atom stereocenters. The lowest BCUT2D eigenvalue weighted by Gasteiger charge is -2.07. The normalized spacial score (nSPS) is 10.3. The van der Waals surface area contributed by atoms with Crippen molar-refractivity contribution in [1.82, 2.24) is 0 Å². The van der Waals surface area contributed by atoms with E-state index in [1.54, 1.807) is 6.07 Å². The van der Waals surface area contributed by atoms with Crippen LogP contribution in [0.25, 0.3) is 0 Å². The molecule has 0 bridgehead atoms.